The summed E-state index contributed by atoms with van der Waals surface area (Å²) >= 11 is 0. The standard InChI is InChI=1S/C6H11N2O.BrH/c1-7-2-3-8(6-7)4-5-9;/h2-3,6,9H,4-5H2,1H3;1H/q+1;. The normalized spacial score (nSPS) is 9.00. The van der Waals surface area contributed by atoms with Gasteiger partial charge in [-0.15, -0.1) is 17.0 Å². The van der Waals surface area contributed by atoms with Crippen LogP contribution in [0.25, 0.3) is 0 Å². The lowest BCUT2D eigenvalue weighted by Gasteiger charge is -1.86. The lowest BCUT2D eigenvalue weighted by Crippen LogP contribution is -2.23. The van der Waals surface area contributed by atoms with E-state index < -0.39 is 0 Å². The van der Waals surface area contributed by atoms with Gasteiger partial charge >= 0.3 is 0 Å². The maximum Gasteiger partial charge on any atom is 0.243 e. The topological polar surface area (TPSA) is 29.0 Å². The molecule has 0 saturated carbocycles. The first-order valence-corrected chi connectivity index (χ1v) is 2.95. The summed E-state index contributed by atoms with van der Waals surface area (Å²) in [5.74, 6) is 0. The summed E-state index contributed by atoms with van der Waals surface area (Å²) in [5, 5.41) is 8.50. The van der Waals surface area contributed by atoms with Gasteiger partial charge in [-0.3, -0.25) is 0 Å². The second-order valence-electron chi connectivity index (χ2n) is 2.04. The van der Waals surface area contributed by atoms with Crippen LogP contribution in [0.15, 0.2) is 18.7 Å². The molecule has 0 aliphatic rings. The molecule has 3 nitrogen and oxygen atoms in total. The van der Waals surface area contributed by atoms with Crippen molar-refractivity contribution in [3.05, 3.63) is 18.7 Å². The largest absolute Gasteiger partial charge is 0.392 e. The Morgan fingerprint density at radius 1 is 1.60 bits per heavy atom. The molecule has 0 aliphatic carbocycles. The molecule has 58 valence electrons. The number of nitrogens with zero attached hydrogens (tertiary/aromatic N) is 2. The van der Waals surface area contributed by atoms with Gasteiger partial charge in [-0.2, -0.15) is 0 Å². The van der Waals surface area contributed by atoms with Gasteiger partial charge in [0, 0.05) is 0 Å². The van der Waals surface area contributed by atoms with E-state index in [1.807, 2.05) is 34.9 Å². The van der Waals surface area contributed by atoms with Crippen LogP contribution in [-0.2, 0) is 13.6 Å². The molecule has 1 aromatic heterocycles. The van der Waals surface area contributed by atoms with Crippen LogP contribution in [0.4, 0.5) is 0 Å². The summed E-state index contributed by atoms with van der Waals surface area (Å²) in [7, 11) is 1.95. The fraction of sp³-hybridized carbons (Fsp3) is 0.500. The van der Waals surface area contributed by atoms with Crippen LogP contribution >= 0.6 is 17.0 Å². The highest BCUT2D eigenvalue weighted by molar-refractivity contribution is 8.93. The minimum Gasteiger partial charge on any atom is -0.392 e. The number of aliphatic hydroxyl groups excluding tert-OH is 1. The fourth-order valence-electron chi connectivity index (χ4n) is 0.749. The molecule has 0 aromatic carbocycles. The van der Waals surface area contributed by atoms with Crippen molar-refractivity contribution in [3.63, 3.8) is 0 Å². The van der Waals surface area contributed by atoms with Gasteiger partial charge in [-0.05, 0) is 0 Å². The van der Waals surface area contributed by atoms with Gasteiger partial charge in [0.15, 0.2) is 0 Å². The average Bonchev–Trinajstić information content (AvgIpc) is 2.17. The van der Waals surface area contributed by atoms with E-state index in [0.29, 0.717) is 6.54 Å². The van der Waals surface area contributed by atoms with Crippen molar-refractivity contribution in [3.8, 4) is 0 Å². The van der Waals surface area contributed by atoms with Crippen LogP contribution in [0, 0.1) is 0 Å². The van der Waals surface area contributed by atoms with E-state index in [9.17, 15) is 0 Å². The Labute approximate surface area is 70.7 Å². The smallest absolute Gasteiger partial charge is 0.243 e. The predicted octanol–water partition coefficient (Wildman–Crippen LogP) is -0.117. The fourth-order valence-corrected chi connectivity index (χ4v) is 0.749. The number of hydrogen-bond acceptors (Lipinski definition) is 1. The highest BCUT2D eigenvalue weighted by atomic mass is 79.9. The second-order valence-corrected chi connectivity index (χ2v) is 2.04. The molecule has 0 saturated heterocycles. The maximum atomic E-state index is 8.50. The van der Waals surface area contributed by atoms with E-state index in [-0.39, 0.29) is 23.6 Å². The van der Waals surface area contributed by atoms with E-state index in [1.54, 1.807) is 0 Å². The van der Waals surface area contributed by atoms with Gasteiger partial charge in [-0.25, -0.2) is 9.13 Å². The number of aryl methyl sites for hydroxylation is 1. The van der Waals surface area contributed by atoms with Crippen LogP contribution in [0.1, 0.15) is 0 Å². The van der Waals surface area contributed by atoms with Gasteiger partial charge in [0.1, 0.15) is 18.9 Å². The molecular weight excluding hydrogens is 196 g/mol. The SMILES string of the molecule is Br.C[n+]1ccn(CCO)c1. The molecule has 0 spiro atoms. The molecule has 0 unspecified atom stereocenters. The van der Waals surface area contributed by atoms with Gasteiger partial charge < -0.3 is 5.11 Å². The van der Waals surface area contributed by atoms with E-state index in [1.165, 1.54) is 0 Å². The number of halogens is 1. The van der Waals surface area contributed by atoms with E-state index in [2.05, 4.69) is 0 Å². The summed E-state index contributed by atoms with van der Waals surface area (Å²) in [4.78, 5) is 0. The zero-order chi connectivity index (χ0) is 6.69. The van der Waals surface area contributed by atoms with Crippen molar-refractivity contribution in [1.82, 2.24) is 4.57 Å². The molecule has 1 N–H and O–H groups in total. The minimum atomic E-state index is 0. The molecule has 0 atom stereocenters. The monoisotopic (exact) mass is 207 g/mol. The molecule has 0 bridgehead atoms. The van der Waals surface area contributed by atoms with E-state index >= 15 is 0 Å². The minimum absolute atomic E-state index is 0. The summed E-state index contributed by atoms with van der Waals surface area (Å²) in [5.41, 5.74) is 0. The Morgan fingerprint density at radius 3 is 2.70 bits per heavy atom. The Morgan fingerprint density at radius 2 is 2.30 bits per heavy atom. The average molecular weight is 208 g/mol. The number of rotatable bonds is 2. The van der Waals surface area contributed by atoms with Crippen LogP contribution in [0.2, 0.25) is 0 Å². The highest BCUT2D eigenvalue weighted by Crippen LogP contribution is 1.80. The molecule has 1 heterocycles. The molecular formula is C6H12BrN2O+. The third kappa shape index (κ3) is 2.49. The Kier molecular flexibility index (Phi) is 4.31. The predicted molar refractivity (Wildman–Crippen MR) is 43.0 cm³/mol. The van der Waals surface area contributed by atoms with Crippen LogP contribution in [0.3, 0.4) is 0 Å². The zero-order valence-electron chi connectivity index (χ0n) is 5.90. The van der Waals surface area contributed by atoms with Crippen molar-refractivity contribution in [2.75, 3.05) is 6.61 Å². The van der Waals surface area contributed by atoms with Crippen molar-refractivity contribution < 1.29 is 9.67 Å². The van der Waals surface area contributed by atoms with Gasteiger partial charge in [0.2, 0.25) is 6.33 Å². The first-order chi connectivity index (χ1) is 4.33. The molecule has 1 rings (SSSR count). The third-order valence-corrected chi connectivity index (χ3v) is 1.18. The quantitative estimate of drug-likeness (QED) is 0.674. The van der Waals surface area contributed by atoms with Crippen LogP contribution < -0.4 is 4.57 Å². The Hall–Kier alpha value is -0.350. The summed E-state index contributed by atoms with van der Waals surface area (Å²) < 4.78 is 3.87. The van der Waals surface area contributed by atoms with Crippen molar-refractivity contribution in [2.45, 2.75) is 6.54 Å². The number of imidazole rings is 1. The molecule has 0 aliphatic heterocycles. The molecule has 10 heavy (non-hydrogen) atoms. The molecule has 4 heteroatoms. The Balaban J connectivity index is 0.000000810. The maximum absolute atomic E-state index is 8.50. The third-order valence-electron chi connectivity index (χ3n) is 1.18. The van der Waals surface area contributed by atoms with Crippen molar-refractivity contribution in [1.29, 1.82) is 0 Å². The molecule has 0 amide bonds. The van der Waals surface area contributed by atoms with E-state index in [0.717, 1.165) is 0 Å². The van der Waals surface area contributed by atoms with Gasteiger partial charge in [0.05, 0.1) is 13.7 Å². The van der Waals surface area contributed by atoms with Gasteiger partial charge in [-0.1, -0.05) is 0 Å². The lowest BCUT2D eigenvalue weighted by molar-refractivity contribution is -0.671. The summed E-state index contributed by atoms with van der Waals surface area (Å²) in [6, 6.07) is 0. The number of aromatic nitrogens is 2. The van der Waals surface area contributed by atoms with Crippen LogP contribution in [-0.4, -0.2) is 16.3 Å². The van der Waals surface area contributed by atoms with Gasteiger partial charge in [0.25, 0.3) is 0 Å². The first kappa shape index (κ1) is 9.65. The number of aliphatic hydroxyl groups is 1. The summed E-state index contributed by atoms with van der Waals surface area (Å²) in [6.07, 6.45) is 5.79. The lowest BCUT2D eigenvalue weighted by atomic mass is 10.7. The zero-order valence-corrected chi connectivity index (χ0v) is 7.61. The second kappa shape index (κ2) is 4.46. The Bertz CT molecular complexity index is 188. The van der Waals surface area contributed by atoms with Crippen LogP contribution in [0.5, 0.6) is 0 Å². The summed E-state index contributed by atoms with van der Waals surface area (Å²) in [6.45, 7) is 0.884. The van der Waals surface area contributed by atoms with Crippen molar-refractivity contribution in [2.24, 2.45) is 7.05 Å². The first-order valence-electron chi connectivity index (χ1n) is 2.95. The molecule has 0 radical (unpaired) electrons. The van der Waals surface area contributed by atoms with E-state index in [4.69, 9.17) is 5.11 Å². The molecule has 0 fully saturated rings. The number of hydrogen-bond donors (Lipinski definition) is 1. The molecule has 1 aromatic rings. The highest BCUT2D eigenvalue weighted by Gasteiger charge is 1.95. The van der Waals surface area contributed by atoms with Crippen molar-refractivity contribution >= 4 is 17.0 Å².